The number of nitrogens with zero attached hydrogens (tertiary/aromatic N) is 6. The molecule has 146 valence electrons. The Bertz CT molecular complexity index is 1160. The van der Waals surface area contributed by atoms with Crippen LogP contribution < -0.4 is 0 Å². The van der Waals surface area contributed by atoms with Gasteiger partial charge in [0, 0.05) is 31.5 Å². The summed E-state index contributed by atoms with van der Waals surface area (Å²) in [5.41, 5.74) is 3.85. The van der Waals surface area contributed by atoms with Crippen molar-refractivity contribution < 1.29 is 9.42 Å². The van der Waals surface area contributed by atoms with Gasteiger partial charge in [0.25, 0.3) is 6.04 Å². The van der Waals surface area contributed by atoms with E-state index in [9.17, 15) is 4.79 Å². The van der Waals surface area contributed by atoms with Crippen molar-refractivity contribution in [1.82, 2.24) is 25.4 Å². The van der Waals surface area contributed by atoms with Crippen molar-refractivity contribution in [3.05, 3.63) is 46.9 Å². The highest BCUT2D eigenvalue weighted by Gasteiger charge is 2.45. The SMILES string of the molecule is [C-]#[N+]C1C(C2CCCN(C(C)=O)C2)=Nc2[nH]ncc2C1c1cccc2nonc12. The Balaban J connectivity index is 1.62. The molecule has 5 rings (SSSR count). The highest BCUT2D eigenvalue weighted by atomic mass is 16.6. The fourth-order valence-corrected chi connectivity index (χ4v) is 4.54. The van der Waals surface area contributed by atoms with E-state index in [2.05, 4.69) is 25.4 Å². The molecule has 3 aromatic rings. The van der Waals surface area contributed by atoms with Crippen LogP contribution in [0.25, 0.3) is 15.9 Å². The standard InChI is InChI=1S/C20H19N7O2/c1-11(28)27-8-4-5-12(10-27)17-19(21-2)16(14-9-22-24-20(14)23-17)13-6-3-7-15-18(13)26-29-25-15/h3,6-7,9,12,16,19H,4-5,8,10H2,1H3,(H,22,24). The number of aromatic amines is 1. The molecule has 29 heavy (non-hydrogen) atoms. The summed E-state index contributed by atoms with van der Waals surface area (Å²) in [6.45, 7) is 10.9. The van der Waals surface area contributed by atoms with Crippen molar-refractivity contribution in [2.45, 2.75) is 31.7 Å². The van der Waals surface area contributed by atoms with E-state index >= 15 is 0 Å². The molecule has 0 radical (unpaired) electrons. The van der Waals surface area contributed by atoms with Gasteiger partial charge in [-0.05, 0) is 34.8 Å². The van der Waals surface area contributed by atoms with Crippen molar-refractivity contribution >= 4 is 28.5 Å². The largest absolute Gasteiger partial charge is 0.342 e. The molecule has 2 aromatic heterocycles. The van der Waals surface area contributed by atoms with Crippen LogP contribution in [0.1, 0.15) is 36.8 Å². The minimum absolute atomic E-state index is 0.0420. The number of H-pyrrole nitrogens is 1. The zero-order chi connectivity index (χ0) is 20.0. The highest BCUT2D eigenvalue weighted by Crippen LogP contribution is 2.43. The number of amides is 1. The van der Waals surface area contributed by atoms with E-state index in [0.29, 0.717) is 23.4 Å². The Morgan fingerprint density at radius 1 is 1.34 bits per heavy atom. The summed E-state index contributed by atoms with van der Waals surface area (Å²) in [5, 5.41) is 15.2. The van der Waals surface area contributed by atoms with Gasteiger partial charge in [0.15, 0.2) is 5.82 Å². The second-order valence-corrected chi connectivity index (χ2v) is 7.55. The smallest absolute Gasteiger partial charge is 0.272 e. The molecule has 1 N–H and O–H groups in total. The van der Waals surface area contributed by atoms with E-state index in [4.69, 9.17) is 16.2 Å². The number of carbonyl (C=O) groups excluding carboxylic acids is 1. The molecular weight excluding hydrogens is 370 g/mol. The van der Waals surface area contributed by atoms with Crippen molar-refractivity contribution in [2.75, 3.05) is 13.1 Å². The van der Waals surface area contributed by atoms with Gasteiger partial charge in [-0.25, -0.2) is 16.2 Å². The first-order valence-corrected chi connectivity index (χ1v) is 9.62. The normalized spacial score (nSPS) is 24.1. The molecule has 9 heteroatoms. The lowest BCUT2D eigenvalue weighted by Crippen LogP contribution is -2.45. The minimum atomic E-state index is -0.501. The minimum Gasteiger partial charge on any atom is -0.342 e. The van der Waals surface area contributed by atoms with Crippen LogP contribution in [-0.4, -0.2) is 56.2 Å². The Hall–Kier alpha value is -3.54. The fourth-order valence-electron chi connectivity index (χ4n) is 4.54. The first-order valence-electron chi connectivity index (χ1n) is 9.62. The summed E-state index contributed by atoms with van der Waals surface area (Å²) in [6, 6.07) is 5.19. The van der Waals surface area contributed by atoms with Crippen molar-refractivity contribution in [3.63, 3.8) is 0 Å². The van der Waals surface area contributed by atoms with Gasteiger partial charge < -0.3 is 9.74 Å². The van der Waals surface area contributed by atoms with Gasteiger partial charge in [-0.1, -0.05) is 12.1 Å². The number of aliphatic imine (C=N–C) groups is 1. The Morgan fingerprint density at radius 2 is 2.24 bits per heavy atom. The van der Waals surface area contributed by atoms with Gasteiger partial charge in [-0.15, -0.1) is 0 Å². The molecule has 1 aromatic carbocycles. The number of rotatable bonds is 2. The molecule has 2 aliphatic heterocycles. The van der Waals surface area contributed by atoms with Crippen molar-refractivity contribution in [1.29, 1.82) is 0 Å². The predicted octanol–water partition coefficient (Wildman–Crippen LogP) is 2.71. The van der Waals surface area contributed by atoms with Gasteiger partial charge in [0.05, 0.1) is 12.1 Å². The van der Waals surface area contributed by atoms with Crippen LogP contribution in [0.3, 0.4) is 0 Å². The maximum Gasteiger partial charge on any atom is 0.272 e. The summed E-state index contributed by atoms with van der Waals surface area (Å²) in [5.74, 6) is 0.485. The lowest BCUT2D eigenvalue weighted by atomic mass is 9.77. The summed E-state index contributed by atoms with van der Waals surface area (Å²) in [7, 11) is 0. The number of hydrogen-bond donors (Lipinski definition) is 1. The molecule has 9 nitrogen and oxygen atoms in total. The fraction of sp³-hybridized carbons (Fsp3) is 0.400. The second-order valence-electron chi connectivity index (χ2n) is 7.55. The van der Waals surface area contributed by atoms with Gasteiger partial charge in [-0.2, -0.15) is 5.10 Å². The summed E-state index contributed by atoms with van der Waals surface area (Å²) >= 11 is 0. The molecule has 1 fully saturated rings. The van der Waals surface area contributed by atoms with Gasteiger partial charge in [0.1, 0.15) is 16.7 Å². The average molecular weight is 389 g/mol. The quantitative estimate of drug-likeness (QED) is 0.679. The van der Waals surface area contributed by atoms with Crippen molar-refractivity contribution in [3.8, 4) is 0 Å². The van der Waals surface area contributed by atoms with Gasteiger partial charge >= 0.3 is 0 Å². The third-order valence-electron chi connectivity index (χ3n) is 5.92. The summed E-state index contributed by atoms with van der Waals surface area (Å²) in [6.07, 6.45) is 3.53. The van der Waals surface area contributed by atoms with Crippen molar-refractivity contribution in [2.24, 2.45) is 10.9 Å². The molecule has 3 unspecified atom stereocenters. The Labute approximate surface area is 166 Å². The molecule has 0 saturated carbocycles. The maximum absolute atomic E-state index is 11.9. The zero-order valence-electron chi connectivity index (χ0n) is 15.9. The molecule has 1 saturated heterocycles. The van der Waals surface area contributed by atoms with Crippen LogP contribution in [0.15, 0.2) is 34.0 Å². The number of aromatic nitrogens is 4. The Morgan fingerprint density at radius 3 is 3.07 bits per heavy atom. The Kier molecular flexibility index (Phi) is 4.12. The van der Waals surface area contributed by atoms with Crippen LogP contribution in [0.4, 0.5) is 5.82 Å². The first-order chi connectivity index (χ1) is 14.2. The van der Waals surface area contributed by atoms with Crippen LogP contribution in [0.2, 0.25) is 0 Å². The summed E-state index contributed by atoms with van der Waals surface area (Å²) in [4.78, 5) is 22.6. The van der Waals surface area contributed by atoms with E-state index in [1.165, 1.54) is 0 Å². The monoisotopic (exact) mass is 389 g/mol. The number of fused-ring (bicyclic) bond motifs is 2. The lowest BCUT2D eigenvalue weighted by molar-refractivity contribution is -0.130. The van der Waals surface area contributed by atoms with E-state index < -0.39 is 6.04 Å². The number of carbonyl (C=O) groups is 1. The van der Waals surface area contributed by atoms with Crippen LogP contribution in [0.5, 0.6) is 0 Å². The molecule has 1 amide bonds. The maximum atomic E-state index is 11.9. The molecule has 0 spiro atoms. The van der Waals surface area contributed by atoms with Crippen LogP contribution in [0, 0.1) is 12.5 Å². The molecule has 0 aliphatic carbocycles. The van der Waals surface area contributed by atoms with Gasteiger partial charge in [-0.3, -0.25) is 9.89 Å². The average Bonchev–Trinajstić information content (AvgIpc) is 3.41. The molecule has 3 atom stereocenters. The van der Waals surface area contributed by atoms with Crippen LogP contribution in [-0.2, 0) is 4.79 Å². The molecule has 4 heterocycles. The van der Waals surface area contributed by atoms with Crippen LogP contribution >= 0.6 is 0 Å². The van der Waals surface area contributed by atoms with Gasteiger partial charge in [0.2, 0.25) is 5.91 Å². The number of hydrogen-bond acceptors (Lipinski definition) is 6. The number of likely N-dealkylation sites (tertiary alicyclic amines) is 1. The topological polar surface area (TPSA) is 105 Å². The molecule has 2 aliphatic rings. The van der Waals surface area contributed by atoms with E-state index in [-0.39, 0.29) is 17.7 Å². The van der Waals surface area contributed by atoms with E-state index in [0.717, 1.165) is 36.2 Å². The number of benzene rings is 1. The number of nitrogens with one attached hydrogen (secondary N) is 1. The number of piperidine rings is 1. The summed E-state index contributed by atoms with van der Waals surface area (Å²) < 4.78 is 4.94. The zero-order valence-corrected chi connectivity index (χ0v) is 15.9. The lowest BCUT2D eigenvalue weighted by Gasteiger charge is -2.35. The molecular formula is C20H19N7O2. The third-order valence-corrected chi connectivity index (χ3v) is 5.92. The van der Waals surface area contributed by atoms with E-state index in [1.807, 2.05) is 23.1 Å². The highest BCUT2D eigenvalue weighted by molar-refractivity contribution is 5.99. The third kappa shape index (κ3) is 2.79. The molecule has 0 bridgehead atoms. The second kappa shape index (κ2) is 6.81. The first kappa shape index (κ1) is 17.6. The predicted molar refractivity (Wildman–Crippen MR) is 105 cm³/mol. The van der Waals surface area contributed by atoms with E-state index in [1.54, 1.807) is 13.1 Å².